The summed E-state index contributed by atoms with van der Waals surface area (Å²) in [5.74, 6) is -0.365. The Kier molecular flexibility index (Phi) is 6.69. The second-order valence-corrected chi connectivity index (χ2v) is 9.38. The predicted octanol–water partition coefficient (Wildman–Crippen LogP) is 3.40. The van der Waals surface area contributed by atoms with Gasteiger partial charge < -0.3 is 10.4 Å². The van der Waals surface area contributed by atoms with E-state index in [0.717, 1.165) is 15.6 Å². The maximum atomic E-state index is 12.5. The Morgan fingerprint density at radius 3 is 2.41 bits per heavy atom. The third kappa shape index (κ3) is 4.51. The number of thiophene rings is 1. The highest BCUT2D eigenvalue weighted by Gasteiger charge is 2.22. The molecule has 0 saturated heterocycles. The molecule has 6 nitrogen and oxygen atoms in total. The average molecular weight is 433 g/mol. The number of aliphatic hydroxyl groups is 1. The second-order valence-electron chi connectivity index (χ2n) is 6.53. The van der Waals surface area contributed by atoms with E-state index in [2.05, 4.69) is 5.32 Å². The number of nitrogens with zero attached hydrogens (tertiary/aromatic N) is 1. The summed E-state index contributed by atoms with van der Waals surface area (Å²) >= 11 is 1.55. The topological polar surface area (TPSA) is 86.7 Å². The molecule has 1 amide bonds. The van der Waals surface area contributed by atoms with Crippen LogP contribution in [0.15, 0.2) is 58.8 Å². The number of fused-ring (bicyclic) bond motifs is 1. The highest BCUT2D eigenvalue weighted by atomic mass is 32.2. The molecule has 3 rings (SSSR count). The first-order valence-corrected chi connectivity index (χ1v) is 11.7. The van der Waals surface area contributed by atoms with Gasteiger partial charge in [-0.05, 0) is 41.1 Å². The molecule has 0 aliphatic rings. The maximum Gasteiger partial charge on any atom is 0.251 e. The van der Waals surface area contributed by atoms with Crippen molar-refractivity contribution in [1.82, 2.24) is 9.62 Å². The summed E-state index contributed by atoms with van der Waals surface area (Å²) in [5, 5.41) is 16.1. The summed E-state index contributed by atoms with van der Waals surface area (Å²) in [5.41, 5.74) is 1.12. The fourth-order valence-corrected chi connectivity index (χ4v) is 5.61. The minimum atomic E-state index is -3.56. The molecular weight excluding hydrogens is 408 g/mol. The molecule has 2 aromatic carbocycles. The lowest BCUT2D eigenvalue weighted by Gasteiger charge is -2.18. The van der Waals surface area contributed by atoms with Gasteiger partial charge in [0.05, 0.1) is 11.0 Å². The molecule has 29 heavy (non-hydrogen) atoms. The molecule has 0 bridgehead atoms. The first-order valence-electron chi connectivity index (χ1n) is 9.41. The van der Waals surface area contributed by atoms with Gasteiger partial charge in [0.15, 0.2) is 0 Å². The van der Waals surface area contributed by atoms with Crippen LogP contribution in [0, 0.1) is 0 Å². The lowest BCUT2D eigenvalue weighted by atomic mass is 10.1. The minimum Gasteiger partial charge on any atom is -0.387 e. The van der Waals surface area contributed by atoms with Gasteiger partial charge in [0.1, 0.15) is 0 Å². The molecule has 0 saturated carbocycles. The van der Waals surface area contributed by atoms with Crippen molar-refractivity contribution in [2.75, 3.05) is 19.6 Å². The summed E-state index contributed by atoms with van der Waals surface area (Å²) in [6.07, 6.45) is -0.822. The van der Waals surface area contributed by atoms with Crippen LogP contribution in [0.3, 0.4) is 0 Å². The molecule has 3 aromatic rings. The van der Waals surface area contributed by atoms with E-state index in [1.807, 2.05) is 29.6 Å². The van der Waals surface area contributed by atoms with Crippen LogP contribution in [-0.2, 0) is 10.0 Å². The number of sulfonamides is 1. The van der Waals surface area contributed by atoms with E-state index in [1.54, 1.807) is 25.2 Å². The lowest BCUT2D eigenvalue weighted by Crippen LogP contribution is -2.31. The third-order valence-corrected chi connectivity index (χ3v) is 7.83. The van der Waals surface area contributed by atoms with E-state index in [1.165, 1.54) is 28.6 Å². The van der Waals surface area contributed by atoms with E-state index in [9.17, 15) is 18.3 Å². The summed E-state index contributed by atoms with van der Waals surface area (Å²) in [6, 6.07) is 13.6. The molecular formula is C21H24N2O4S2. The van der Waals surface area contributed by atoms with Crippen molar-refractivity contribution in [2.24, 2.45) is 0 Å². The zero-order chi connectivity index (χ0) is 21.0. The molecule has 0 spiro atoms. The van der Waals surface area contributed by atoms with Gasteiger partial charge in [0.25, 0.3) is 5.91 Å². The SMILES string of the molecule is CCN(CC)S(=O)(=O)c1ccc(C(=O)NCC(O)c2csc3ccccc23)cc1. The average Bonchev–Trinajstić information content (AvgIpc) is 3.17. The third-order valence-electron chi connectivity index (χ3n) is 4.79. The van der Waals surface area contributed by atoms with Crippen molar-refractivity contribution >= 4 is 37.4 Å². The van der Waals surface area contributed by atoms with Crippen LogP contribution in [0.2, 0.25) is 0 Å². The molecule has 2 N–H and O–H groups in total. The van der Waals surface area contributed by atoms with Gasteiger partial charge in [-0.25, -0.2) is 8.42 Å². The molecule has 0 aliphatic heterocycles. The quantitative estimate of drug-likeness (QED) is 0.571. The Balaban J connectivity index is 1.67. The van der Waals surface area contributed by atoms with E-state index in [-0.39, 0.29) is 17.3 Å². The van der Waals surface area contributed by atoms with Gasteiger partial charge in [-0.15, -0.1) is 11.3 Å². The van der Waals surface area contributed by atoms with Gasteiger partial charge in [-0.1, -0.05) is 32.0 Å². The van der Waals surface area contributed by atoms with Gasteiger partial charge in [0, 0.05) is 35.5 Å². The van der Waals surface area contributed by atoms with Crippen molar-refractivity contribution in [3.05, 3.63) is 65.0 Å². The minimum absolute atomic E-state index is 0.0685. The molecule has 0 aliphatic carbocycles. The van der Waals surface area contributed by atoms with Crippen LogP contribution < -0.4 is 5.32 Å². The zero-order valence-corrected chi connectivity index (χ0v) is 18.0. The van der Waals surface area contributed by atoms with Crippen molar-refractivity contribution in [3.63, 3.8) is 0 Å². The maximum absolute atomic E-state index is 12.5. The number of hydrogen-bond acceptors (Lipinski definition) is 5. The Morgan fingerprint density at radius 1 is 1.10 bits per heavy atom. The number of carbonyl (C=O) groups excluding carboxylic acids is 1. The van der Waals surface area contributed by atoms with Crippen LogP contribution in [-0.4, -0.2) is 43.4 Å². The lowest BCUT2D eigenvalue weighted by molar-refractivity contribution is 0.0917. The second kappa shape index (κ2) is 9.04. The normalized spacial score (nSPS) is 13.0. The van der Waals surface area contributed by atoms with Crippen LogP contribution in [0.4, 0.5) is 0 Å². The molecule has 1 atom stereocenters. The fraction of sp³-hybridized carbons (Fsp3) is 0.286. The fourth-order valence-electron chi connectivity index (χ4n) is 3.15. The van der Waals surface area contributed by atoms with E-state index >= 15 is 0 Å². The van der Waals surface area contributed by atoms with Crippen LogP contribution in [0.25, 0.3) is 10.1 Å². The Bertz CT molecular complexity index is 1090. The van der Waals surface area contributed by atoms with Gasteiger partial charge in [0.2, 0.25) is 10.0 Å². The molecule has 1 aromatic heterocycles. The Labute approximate surface area is 174 Å². The molecule has 0 fully saturated rings. The summed E-state index contributed by atoms with van der Waals surface area (Å²) in [4.78, 5) is 12.6. The molecule has 1 unspecified atom stereocenters. The van der Waals surface area contributed by atoms with Crippen molar-refractivity contribution in [1.29, 1.82) is 0 Å². The highest BCUT2D eigenvalue weighted by molar-refractivity contribution is 7.89. The molecule has 0 radical (unpaired) electrons. The predicted molar refractivity (Wildman–Crippen MR) is 116 cm³/mol. The molecule has 8 heteroatoms. The van der Waals surface area contributed by atoms with Gasteiger partial charge in [-0.3, -0.25) is 4.79 Å². The summed E-state index contributed by atoms with van der Waals surface area (Å²) < 4.78 is 27.5. The van der Waals surface area contributed by atoms with Crippen LogP contribution in [0.1, 0.15) is 35.9 Å². The zero-order valence-electron chi connectivity index (χ0n) is 16.3. The van der Waals surface area contributed by atoms with Crippen LogP contribution in [0.5, 0.6) is 0 Å². The number of benzene rings is 2. The van der Waals surface area contributed by atoms with Crippen molar-refractivity contribution < 1.29 is 18.3 Å². The smallest absolute Gasteiger partial charge is 0.251 e. The number of carbonyl (C=O) groups is 1. The van der Waals surface area contributed by atoms with Gasteiger partial charge in [-0.2, -0.15) is 4.31 Å². The first kappa shape index (κ1) is 21.4. The summed E-state index contributed by atoms with van der Waals surface area (Å²) in [7, 11) is -3.56. The highest BCUT2D eigenvalue weighted by Crippen LogP contribution is 2.29. The number of amides is 1. The first-order chi connectivity index (χ1) is 13.9. The number of nitrogens with one attached hydrogen (secondary N) is 1. The van der Waals surface area contributed by atoms with Gasteiger partial charge >= 0.3 is 0 Å². The molecule has 154 valence electrons. The van der Waals surface area contributed by atoms with Crippen molar-refractivity contribution in [3.8, 4) is 0 Å². The van der Waals surface area contributed by atoms with E-state index in [4.69, 9.17) is 0 Å². The molecule has 1 heterocycles. The monoisotopic (exact) mass is 432 g/mol. The van der Waals surface area contributed by atoms with Crippen molar-refractivity contribution in [2.45, 2.75) is 24.8 Å². The number of aliphatic hydroxyl groups excluding tert-OH is 1. The largest absolute Gasteiger partial charge is 0.387 e. The number of hydrogen-bond donors (Lipinski definition) is 2. The standard InChI is InChI=1S/C21H24N2O4S2/c1-3-23(4-2)29(26,27)16-11-9-15(10-12-16)21(25)22-13-19(24)18-14-28-20-8-6-5-7-17(18)20/h5-12,14,19,24H,3-4,13H2,1-2H3,(H,22,25). The summed E-state index contributed by atoms with van der Waals surface area (Å²) in [6.45, 7) is 4.40. The van der Waals surface area contributed by atoms with Crippen LogP contribution >= 0.6 is 11.3 Å². The number of rotatable bonds is 8. The Hall–Kier alpha value is -2.26. The van der Waals surface area contributed by atoms with E-state index in [0.29, 0.717) is 18.7 Å². The Morgan fingerprint density at radius 2 is 1.76 bits per heavy atom. The van der Waals surface area contributed by atoms with E-state index < -0.39 is 16.1 Å².